The molecule has 0 spiro atoms. The maximum atomic E-state index is 11.5. The van der Waals surface area contributed by atoms with Gasteiger partial charge in [-0.05, 0) is 29.8 Å². The van der Waals surface area contributed by atoms with Gasteiger partial charge in [-0.1, -0.05) is 11.6 Å². The lowest BCUT2D eigenvalue weighted by atomic mass is 10.9. The van der Waals surface area contributed by atoms with Crippen LogP contribution in [-0.4, -0.2) is 13.2 Å². The standard InChI is InChI=1S/C6H11BrClO4P/c1-3-10-13(9,11-4-2)12-5-6(7)8/h5H,3-4H2,1-2H3/b6-5+. The average Bonchev–Trinajstić information content (AvgIpc) is 2.02. The quantitative estimate of drug-likeness (QED) is 0.554. The van der Waals surface area contributed by atoms with Crippen molar-refractivity contribution in [2.45, 2.75) is 13.8 Å². The van der Waals surface area contributed by atoms with E-state index in [2.05, 4.69) is 15.9 Å². The molecule has 0 aliphatic carbocycles. The van der Waals surface area contributed by atoms with Gasteiger partial charge in [0.05, 0.1) is 13.2 Å². The van der Waals surface area contributed by atoms with E-state index in [-0.39, 0.29) is 17.2 Å². The molecule has 13 heavy (non-hydrogen) atoms. The van der Waals surface area contributed by atoms with E-state index in [0.717, 1.165) is 6.26 Å². The molecule has 0 bridgehead atoms. The second-order valence-electron chi connectivity index (χ2n) is 1.80. The summed E-state index contributed by atoms with van der Waals surface area (Å²) in [5.41, 5.74) is 0. The number of rotatable bonds is 6. The van der Waals surface area contributed by atoms with Crippen LogP contribution in [0, 0.1) is 0 Å². The van der Waals surface area contributed by atoms with E-state index in [9.17, 15) is 4.57 Å². The summed E-state index contributed by atoms with van der Waals surface area (Å²) < 4.78 is 26.1. The number of halogens is 2. The fourth-order valence-corrected chi connectivity index (χ4v) is 1.93. The van der Waals surface area contributed by atoms with Crippen LogP contribution in [0.5, 0.6) is 0 Å². The van der Waals surface area contributed by atoms with Crippen molar-refractivity contribution in [3.8, 4) is 0 Å². The zero-order chi connectivity index (χ0) is 10.3. The normalized spacial score (nSPS) is 13.1. The van der Waals surface area contributed by atoms with E-state index in [0.29, 0.717) is 0 Å². The van der Waals surface area contributed by atoms with Crippen LogP contribution in [0.25, 0.3) is 0 Å². The van der Waals surface area contributed by atoms with Gasteiger partial charge in [0.1, 0.15) is 10.2 Å². The number of phosphoric acid groups is 1. The fraction of sp³-hybridized carbons (Fsp3) is 0.667. The van der Waals surface area contributed by atoms with E-state index >= 15 is 0 Å². The van der Waals surface area contributed by atoms with Crippen molar-refractivity contribution < 1.29 is 18.1 Å². The Kier molecular flexibility index (Phi) is 7.09. The van der Waals surface area contributed by atoms with Gasteiger partial charge in [-0.25, -0.2) is 4.57 Å². The van der Waals surface area contributed by atoms with E-state index in [1.165, 1.54) is 0 Å². The second kappa shape index (κ2) is 6.85. The van der Waals surface area contributed by atoms with Gasteiger partial charge in [0.2, 0.25) is 0 Å². The van der Waals surface area contributed by atoms with Crippen molar-refractivity contribution in [3.63, 3.8) is 0 Å². The Morgan fingerprint density at radius 2 is 1.92 bits per heavy atom. The molecule has 7 heteroatoms. The predicted octanol–water partition coefficient (Wildman–Crippen LogP) is 3.62. The van der Waals surface area contributed by atoms with Crippen molar-refractivity contribution >= 4 is 35.4 Å². The highest BCUT2D eigenvalue weighted by molar-refractivity contribution is 9.12. The Labute approximate surface area is 90.9 Å². The molecule has 4 nitrogen and oxygen atoms in total. The fourth-order valence-electron chi connectivity index (χ4n) is 0.519. The maximum Gasteiger partial charge on any atom is 0.529 e. The molecule has 0 heterocycles. The van der Waals surface area contributed by atoms with Crippen LogP contribution in [0.15, 0.2) is 10.2 Å². The Morgan fingerprint density at radius 3 is 2.23 bits per heavy atom. The van der Waals surface area contributed by atoms with Crippen LogP contribution in [-0.2, 0) is 18.1 Å². The van der Waals surface area contributed by atoms with Gasteiger partial charge in [-0.3, -0.25) is 9.05 Å². The molecule has 0 amide bonds. The third kappa shape index (κ3) is 6.52. The zero-order valence-corrected chi connectivity index (χ0v) is 10.6. The lowest BCUT2D eigenvalue weighted by Gasteiger charge is -2.14. The maximum absolute atomic E-state index is 11.5. The Morgan fingerprint density at radius 1 is 1.46 bits per heavy atom. The Hall–Kier alpha value is 0.460. The molecule has 0 aromatic carbocycles. The minimum Gasteiger partial charge on any atom is -0.410 e. The third-order valence-corrected chi connectivity index (χ3v) is 2.63. The molecule has 0 atom stereocenters. The first kappa shape index (κ1) is 13.5. The molecule has 0 aliphatic heterocycles. The van der Waals surface area contributed by atoms with Crippen LogP contribution < -0.4 is 0 Å². The van der Waals surface area contributed by atoms with Crippen molar-refractivity contribution in [3.05, 3.63) is 10.2 Å². The lowest BCUT2D eigenvalue weighted by Crippen LogP contribution is -1.96. The van der Waals surface area contributed by atoms with Crippen molar-refractivity contribution in [2.75, 3.05) is 13.2 Å². The summed E-state index contributed by atoms with van der Waals surface area (Å²) in [4.78, 5) is 0. The molecule has 0 aromatic rings. The molecule has 0 radical (unpaired) electrons. The SMILES string of the molecule is CCOP(=O)(O/C=C(/Cl)Br)OCC. The molecular weight excluding hydrogens is 282 g/mol. The molecule has 0 saturated heterocycles. The molecule has 0 aliphatic rings. The van der Waals surface area contributed by atoms with Gasteiger partial charge in [-0.2, -0.15) is 0 Å². The topological polar surface area (TPSA) is 44.8 Å². The zero-order valence-electron chi connectivity index (χ0n) is 7.33. The minimum atomic E-state index is -3.46. The van der Waals surface area contributed by atoms with Crippen LogP contribution in [0.1, 0.15) is 13.8 Å². The Balaban J connectivity index is 4.24. The smallest absolute Gasteiger partial charge is 0.410 e. The molecule has 0 aromatic heterocycles. The third-order valence-electron chi connectivity index (χ3n) is 0.845. The van der Waals surface area contributed by atoms with Crippen LogP contribution in [0.3, 0.4) is 0 Å². The largest absolute Gasteiger partial charge is 0.529 e. The summed E-state index contributed by atoms with van der Waals surface area (Å²) in [5.74, 6) is 0. The first-order chi connectivity index (χ1) is 6.04. The van der Waals surface area contributed by atoms with Crippen LogP contribution in [0.4, 0.5) is 0 Å². The predicted molar refractivity (Wildman–Crippen MR) is 54.8 cm³/mol. The minimum absolute atomic E-state index is 0.187. The highest BCUT2D eigenvalue weighted by Gasteiger charge is 2.25. The molecule has 0 fully saturated rings. The van der Waals surface area contributed by atoms with Crippen LogP contribution in [0.2, 0.25) is 0 Å². The van der Waals surface area contributed by atoms with Gasteiger partial charge < -0.3 is 4.52 Å². The molecule has 0 saturated carbocycles. The highest BCUT2D eigenvalue weighted by Crippen LogP contribution is 2.49. The van der Waals surface area contributed by atoms with E-state index in [4.69, 9.17) is 25.2 Å². The van der Waals surface area contributed by atoms with Gasteiger partial charge in [0.15, 0.2) is 0 Å². The molecule has 0 unspecified atom stereocenters. The first-order valence-corrected chi connectivity index (χ1v) is 6.26. The Bertz CT molecular complexity index is 207. The number of hydrogen-bond acceptors (Lipinski definition) is 4. The summed E-state index contributed by atoms with van der Waals surface area (Å²) in [6.07, 6.45) is 1.06. The summed E-state index contributed by atoms with van der Waals surface area (Å²) in [5, 5.41) is 0. The van der Waals surface area contributed by atoms with Gasteiger partial charge in [-0.15, -0.1) is 0 Å². The van der Waals surface area contributed by atoms with Crippen molar-refractivity contribution in [1.29, 1.82) is 0 Å². The average molecular weight is 293 g/mol. The molecule has 78 valence electrons. The summed E-state index contributed by atoms with van der Waals surface area (Å²) in [7, 11) is -3.46. The van der Waals surface area contributed by atoms with Crippen LogP contribution >= 0.6 is 35.4 Å². The van der Waals surface area contributed by atoms with Gasteiger partial charge in [0.25, 0.3) is 0 Å². The van der Waals surface area contributed by atoms with E-state index in [1.807, 2.05) is 0 Å². The second-order valence-corrected chi connectivity index (χ2v) is 5.14. The monoisotopic (exact) mass is 292 g/mol. The highest BCUT2D eigenvalue weighted by atomic mass is 79.9. The number of phosphoric ester groups is 1. The molecular formula is C6H11BrClO4P. The first-order valence-electron chi connectivity index (χ1n) is 3.62. The van der Waals surface area contributed by atoms with E-state index < -0.39 is 7.82 Å². The summed E-state index contributed by atoms with van der Waals surface area (Å²) in [6.45, 7) is 3.86. The lowest BCUT2D eigenvalue weighted by molar-refractivity contribution is 0.154. The van der Waals surface area contributed by atoms with E-state index in [1.54, 1.807) is 13.8 Å². The van der Waals surface area contributed by atoms with Crippen molar-refractivity contribution in [1.82, 2.24) is 0 Å². The molecule has 0 rings (SSSR count). The van der Waals surface area contributed by atoms with Gasteiger partial charge >= 0.3 is 7.82 Å². The summed E-state index contributed by atoms with van der Waals surface area (Å²) in [6, 6.07) is 0. The number of hydrogen-bond donors (Lipinski definition) is 0. The molecule has 0 N–H and O–H groups in total. The van der Waals surface area contributed by atoms with Crippen molar-refractivity contribution in [2.24, 2.45) is 0 Å². The van der Waals surface area contributed by atoms with Gasteiger partial charge in [0, 0.05) is 0 Å². The summed E-state index contributed by atoms with van der Waals surface area (Å²) >= 11 is 8.30.